The summed E-state index contributed by atoms with van der Waals surface area (Å²) in [5.74, 6) is 0.356. The fourth-order valence-electron chi connectivity index (χ4n) is 1.55. The van der Waals surface area contributed by atoms with Crippen molar-refractivity contribution >= 4 is 11.6 Å². The minimum atomic E-state index is -0.414. The molecule has 0 aliphatic heterocycles. The summed E-state index contributed by atoms with van der Waals surface area (Å²) < 4.78 is 1.40. The van der Waals surface area contributed by atoms with E-state index in [1.807, 2.05) is 20.8 Å². The van der Waals surface area contributed by atoms with Crippen molar-refractivity contribution in [2.75, 3.05) is 0 Å². The van der Waals surface area contributed by atoms with Crippen molar-refractivity contribution in [3.63, 3.8) is 0 Å². The number of imidazole rings is 1. The van der Waals surface area contributed by atoms with Crippen molar-refractivity contribution in [1.82, 2.24) is 14.4 Å². The van der Waals surface area contributed by atoms with Crippen molar-refractivity contribution in [1.29, 1.82) is 0 Å². The second-order valence-electron chi connectivity index (χ2n) is 4.58. The van der Waals surface area contributed by atoms with E-state index < -0.39 is 4.92 Å². The van der Waals surface area contributed by atoms with Gasteiger partial charge >= 0.3 is 11.6 Å². The zero-order valence-corrected chi connectivity index (χ0v) is 9.34. The highest BCUT2D eigenvalue weighted by Crippen LogP contribution is 2.30. The molecule has 0 aliphatic rings. The standard InChI is InChI=1S/C10H12N4O2/c1-10(2,3)7-8(14(15)16)13-6-4-5-11-9(13)12-7/h4-6H,1-3H3. The molecular weight excluding hydrogens is 208 g/mol. The zero-order valence-electron chi connectivity index (χ0n) is 9.34. The first kappa shape index (κ1) is 10.5. The maximum absolute atomic E-state index is 11.1. The Hall–Kier alpha value is -1.98. The minimum absolute atomic E-state index is 0.00407. The SMILES string of the molecule is CC(C)(C)c1nc2ncccn2c1[N+](=O)[O-]. The summed E-state index contributed by atoms with van der Waals surface area (Å²) in [4.78, 5) is 18.9. The first-order valence-corrected chi connectivity index (χ1v) is 4.89. The molecule has 6 heteroatoms. The topological polar surface area (TPSA) is 73.3 Å². The predicted octanol–water partition coefficient (Wildman–Crippen LogP) is 1.93. The molecule has 0 fully saturated rings. The largest absolute Gasteiger partial charge is 0.358 e. The van der Waals surface area contributed by atoms with Crippen LogP contribution in [0.25, 0.3) is 5.78 Å². The number of aromatic nitrogens is 3. The lowest BCUT2D eigenvalue weighted by Crippen LogP contribution is -2.14. The molecule has 2 aromatic heterocycles. The first-order chi connectivity index (χ1) is 7.41. The van der Waals surface area contributed by atoms with Gasteiger partial charge in [0.2, 0.25) is 0 Å². The normalized spacial score (nSPS) is 11.9. The van der Waals surface area contributed by atoms with Gasteiger partial charge in [0.05, 0.1) is 0 Å². The maximum Gasteiger partial charge on any atom is 0.352 e. The van der Waals surface area contributed by atoms with E-state index in [4.69, 9.17) is 0 Å². The monoisotopic (exact) mass is 220 g/mol. The lowest BCUT2D eigenvalue weighted by Gasteiger charge is -2.13. The number of nitro groups is 1. The summed E-state index contributed by atoms with van der Waals surface area (Å²) in [5, 5.41) is 11.1. The van der Waals surface area contributed by atoms with Crippen LogP contribution >= 0.6 is 0 Å². The highest BCUT2D eigenvalue weighted by Gasteiger charge is 2.31. The van der Waals surface area contributed by atoms with E-state index in [-0.39, 0.29) is 11.2 Å². The lowest BCUT2D eigenvalue weighted by molar-refractivity contribution is -0.391. The van der Waals surface area contributed by atoms with Gasteiger partial charge in [-0.2, -0.15) is 14.4 Å². The molecule has 84 valence electrons. The summed E-state index contributed by atoms with van der Waals surface area (Å²) in [6.45, 7) is 5.67. The van der Waals surface area contributed by atoms with Crippen LogP contribution in [0.3, 0.4) is 0 Å². The molecule has 0 spiro atoms. The molecule has 0 radical (unpaired) electrons. The number of fused-ring (bicyclic) bond motifs is 1. The van der Waals surface area contributed by atoms with E-state index in [1.165, 1.54) is 4.40 Å². The van der Waals surface area contributed by atoms with Gasteiger partial charge in [-0.3, -0.25) is 0 Å². The Bertz CT molecular complexity index is 553. The Morgan fingerprint density at radius 2 is 2.12 bits per heavy atom. The van der Waals surface area contributed by atoms with Crippen LogP contribution < -0.4 is 0 Å². The summed E-state index contributed by atoms with van der Waals surface area (Å²) >= 11 is 0. The lowest BCUT2D eigenvalue weighted by atomic mass is 9.92. The van der Waals surface area contributed by atoms with Crippen LogP contribution in [0.1, 0.15) is 26.5 Å². The second kappa shape index (κ2) is 3.26. The van der Waals surface area contributed by atoms with Crippen LogP contribution in [0.4, 0.5) is 5.82 Å². The van der Waals surface area contributed by atoms with E-state index in [0.29, 0.717) is 11.5 Å². The molecule has 6 nitrogen and oxygen atoms in total. The summed E-state index contributed by atoms with van der Waals surface area (Å²) in [7, 11) is 0. The molecule has 0 aliphatic carbocycles. The third kappa shape index (κ3) is 1.52. The molecule has 0 saturated carbocycles. The Kier molecular flexibility index (Phi) is 2.15. The number of rotatable bonds is 1. The fraction of sp³-hybridized carbons (Fsp3) is 0.400. The number of nitrogens with zero attached hydrogens (tertiary/aromatic N) is 4. The van der Waals surface area contributed by atoms with Crippen molar-refractivity contribution in [3.05, 3.63) is 34.3 Å². The molecule has 0 saturated heterocycles. The second-order valence-corrected chi connectivity index (χ2v) is 4.58. The van der Waals surface area contributed by atoms with Gasteiger partial charge in [0.1, 0.15) is 11.9 Å². The first-order valence-electron chi connectivity index (χ1n) is 4.89. The molecule has 2 aromatic rings. The molecule has 0 amide bonds. The Balaban J connectivity index is 2.84. The summed E-state index contributed by atoms with van der Waals surface area (Å²) in [6.07, 6.45) is 3.17. The smallest absolute Gasteiger partial charge is 0.352 e. The van der Waals surface area contributed by atoms with Crippen molar-refractivity contribution in [3.8, 4) is 0 Å². The van der Waals surface area contributed by atoms with Gasteiger partial charge in [0.25, 0.3) is 0 Å². The predicted molar refractivity (Wildman–Crippen MR) is 58.3 cm³/mol. The molecule has 0 unspecified atom stereocenters. The van der Waals surface area contributed by atoms with Crippen LogP contribution in [0.5, 0.6) is 0 Å². The summed E-state index contributed by atoms with van der Waals surface area (Å²) in [5.41, 5.74) is 0.0759. The van der Waals surface area contributed by atoms with E-state index in [1.54, 1.807) is 18.5 Å². The molecule has 0 N–H and O–H groups in total. The Morgan fingerprint density at radius 3 is 2.69 bits per heavy atom. The maximum atomic E-state index is 11.1. The number of hydrogen-bond acceptors (Lipinski definition) is 4. The van der Waals surface area contributed by atoms with E-state index in [0.717, 1.165) is 0 Å². The van der Waals surface area contributed by atoms with Gasteiger partial charge in [-0.05, 0) is 11.0 Å². The van der Waals surface area contributed by atoms with Gasteiger partial charge in [0.15, 0.2) is 0 Å². The Morgan fingerprint density at radius 1 is 1.44 bits per heavy atom. The average Bonchev–Trinajstić information content (AvgIpc) is 2.55. The van der Waals surface area contributed by atoms with Crippen molar-refractivity contribution < 1.29 is 4.92 Å². The average molecular weight is 220 g/mol. The third-order valence-electron chi connectivity index (χ3n) is 2.26. The van der Waals surface area contributed by atoms with Crippen molar-refractivity contribution in [2.45, 2.75) is 26.2 Å². The van der Waals surface area contributed by atoms with Crippen LogP contribution in [0, 0.1) is 10.1 Å². The quantitative estimate of drug-likeness (QED) is 0.543. The minimum Gasteiger partial charge on any atom is -0.358 e. The molecule has 2 rings (SSSR count). The summed E-state index contributed by atoms with van der Waals surface area (Å²) in [6, 6.07) is 1.65. The van der Waals surface area contributed by atoms with Gasteiger partial charge in [0, 0.05) is 11.6 Å². The molecule has 0 bridgehead atoms. The van der Waals surface area contributed by atoms with Gasteiger partial charge < -0.3 is 10.1 Å². The fourth-order valence-corrected chi connectivity index (χ4v) is 1.55. The van der Waals surface area contributed by atoms with Crippen LogP contribution in [0.2, 0.25) is 0 Å². The van der Waals surface area contributed by atoms with Crippen LogP contribution in [-0.2, 0) is 5.41 Å². The zero-order chi connectivity index (χ0) is 11.9. The van der Waals surface area contributed by atoms with E-state index >= 15 is 0 Å². The third-order valence-corrected chi connectivity index (χ3v) is 2.26. The molecule has 2 heterocycles. The highest BCUT2D eigenvalue weighted by atomic mass is 16.6. The van der Waals surface area contributed by atoms with E-state index in [9.17, 15) is 10.1 Å². The highest BCUT2D eigenvalue weighted by molar-refractivity contribution is 5.46. The molecular formula is C10H12N4O2. The van der Waals surface area contributed by atoms with Crippen LogP contribution in [0.15, 0.2) is 18.5 Å². The van der Waals surface area contributed by atoms with Gasteiger partial charge in [-0.1, -0.05) is 20.8 Å². The van der Waals surface area contributed by atoms with Gasteiger partial charge in [-0.25, -0.2) is 0 Å². The van der Waals surface area contributed by atoms with Crippen LogP contribution in [-0.4, -0.2) is 19.3 Å². The van der Waals surface area contributed by atoms with E-state index in [2.05, 4.69) is 9.97 Å². The number of hydrogen-bond donors (Lipinski definition) is 0. The van der Waals surface area contributed by atoms with Crippen molar-refractivity contribution in [2.24, 2.45) is 0 Å². The molecule has 0 aromatic carbocycles. The Labute approximate surface area is 92.1 Å². The molecule has 16 heavy (non-hydrogen) atoms. The van der Waals surface area contributed by atoms with Gasteiger partial charge in [-0.15, -0.1) is 0 Å². The molecule has 0 atom stereocenters.